The Hall–Kier alpha value is -3.51. The van der Waals surface area contributed by atoms with Gasteiger partial charge in [-0.1, -0.05) is 17.7 Å². The molecule has 0 saturated carbocycles. The molecular formula is C31H27ClF5N7OS. The first-order chi connectivity index (χ1) is 21.9. The van der Waals surface area contributed by atoms with Gasteiger partial charge in [0, 0.05) is 42.1 Å². The average Bonchev–Trinajstić information content (AvgIpc) is 3.70. The Morgan fingerprint density at radius 2 is 1.93 bits per heavy atom. The Bertz CT molecular complexity index is 1970. The van der Waals surface area contributed by atoms with Crippen molar-refractivity contribution in [3.05, 3.63) is 40.4 Å². The van der Waals surface area contributed by atoms with E-state index in [1.807, 2.05) is 11.0 Å². The summed E-state index contributed by atoms with van der Waals surface area (Å²) < 4.78 is 83.5. The Morgan fingerprint density at radius 3 is 2.67 bits per heavy atom. The molecule has 2 bridgehead atoms. The summed E-state index contributed by atoms with van der Waals surface area (Å²) in [7, 11) is 0. The smallest absolute Gasteiger partial charge is 0.319 e. The van der Waals surface area contributed by atoms with Crippen molar-refractivity contribution in [2.45, 2.75) is 55.4 Å². The van der Waals surface area contributed by atoms with Crippen LogP contribution < -0.4 is 20.7 Å². The summed E-state index contributed by atoms with van der Waals surface area (Å²) in [5.74, 6) is -5.61. The highest BCUT2D eigenvalue weighted by atomic mass is 35.5. The molecule has 2 aromatic heterocycles. The summed E-state index contributed by atoms with van der Waals surface area (Å²) in [5.41, 5.74) is 5.15. The van der Waals surface area contributed by atoms with Crippen molar-refractivity contribution >= 4 is 54.7 Å². The molecule has 8 nitrogen and oxygen atoms in total. The molecule has 15 heteroatoms. The molecule has 4 saturated heterocycles. The van der Waals surface area contributed by atoms with Crippen LogP contribution in [0.15, 0.2) is 18.2 Å². The number of halogens is 6. The summed E-state index contributed by atoms with van der Waals surface area (Å²) in [4.78, 5) is 12.4. The third-order valence-corrected chi connectivity index (χ3v) is 11.1. The number of nitrogen functional groups attached to an aromatic ring is 1. The fourth-order valence-electron chi connectivity index (χ4n) is 7.84. The van der Waals surface area contributed by atoms with Gasteiger partial charge in [0.2, 0.25) is 0 Å². The molecule has 6 heterocycles. The van der Waals surface area contributed by atoms with E-state index in [4.69, 9.17) is 22.1 Å². The second-order valence-electron chi connectivity index (χ2n) is 12.8. The zero-order valence-electron chi connectivity index (χ0n) is 24.3. The van der Waals surface area contributed by atoms with Crippen LogP contribution >= 0.6 is 22.9 Å². The van der Waals surface area contributed by atoms with Crippen molar-refractivity contribution in [3.8, 4) is 23.2 Å². The number of benzene rings is 2. The average molecular weight is 676 g/mol. The number of fused-ring (bicyclic) bond motifs is 5. The zero-order valence-corrected chi connectivity index (χ0v) is 25.9. The van der Waals surface area contributed by atoms with Gasteiger partial charge in [-0.05, 0) is 37.1 Å². The van der Waals surface area contributed by atoms with Gasteiger partial charge in [0.05, 0.1) is 33.9 Å². The van der Waals surface area contributed by atoms with Crippen LogP contribution in [0.5, 0.6) is 6.01 Å². The van der Waals surface area contributed by atoms with Gasteiger partial charge in [-0.3, -0.25) is 4.90 Å². The van der Waals surface area contributed by atoms with Crippen LogP contribution in [-0.4, -0.2) is 70.9 Å². The lowest BCUT2D eigenvalue weighted by atomic mass is 9.95. The molecule has 4 atom stereocenters. The summed E-state index contributed by atoms with van der Waals surface area (Å²) >= 11 is 7.59. The lowest BCUT2D eigenvalue weighted by Crippen LogP contribution is -2.62. The molecule has 2 aromatic carbocycles. The van der Waals surface area contributed by atoms with E-state index in [1.165, 1.54) is 17.0 Å². The number of nitrogens with one attached hydrogen (secondary N) is 1. The molecule has 0 amide bonds. The maximum atomic E-state index is 16.9. The maximum absolute atomic E-state index is 16.9. The van der Waals surface area contributed by atoms with Gasteiger partial charge in [-0.15, -0.1) is 11.3 Å². The van der Waals surface area contributed by atoms with E-state index in [2.05, 4.69) is 15.3 Å². The molecule has 4 fully saturated rings. The van der Waals surface area contributed by atoms with Gasteiger partial charge in [0.25, 0.3) is 0 Å². The molecular weight excluding hydrogens is 649 g/mol. The fourth-order valence-corrected chi connectivity index (χ4v) is 9.08. The Morgan fingerprint density at radius 1 is 1.17 bits per heavy atom. The number of thiophene rings is 1. The molecule has 240 valence electrons. The molecule has 3 N–H and O–H groups in total. The minimum atomic E-state index is -2.04. The number of ether oxygens (including phenoxy) is 1. The molecule has 4 aliphatic heterocycles. The van der Waals surface area contributed by atoms with Gasteiger partial charge >= 0.3 is 6.01 Å². The Labute approximate surface area is 268 Å². The highest BCUT2D eigenvalue weighted by molar-refractivity contribution is 7.23. The molecule has 4 aliphatic rings. The standard InChI is InChI=1S/C31H27ClF5N7OS/c32-19-8-17-24(23(35)22(19)16-2-3-20(34)25-21(16)18(10-38)26(39)46-25)40-28(45-14-29-4-1-7-44(29)11-15(33)9-29)41-27(17)43-12-30(36)5-6-31(37,13-43)42-30/h2-3,8,15,42H,1,4-7,9,11-14,39H2/t15-,29+,30?,31?/m1/s1. The summed E-state index contributed by atoms with van der Waals surface area (Å²) in [6, 6.07) is 5.58. The molecule has 8 rings (SSSR count). The molecule has 4 aromatic rings. The lowest BCUT2D eigenvalue weighted by Gasteiger charge is -2.40. The van der Waals surface area contributed by atoms with Gasteiger partial charge < -0.3 is 15.4 Å². The quantitative estimate of drug-likeness (QED) is 0.185. The second-order valence-corrected chi connectivity index (χ2v) is 14.3. The molecule has 0 aliphatic carbocycles. The van der Waals surface area contributed by atoms with Crippen LogP contribution in [-0.2, 0) is 0 Å². The van der Waals surface area contributed by atoms with Crippen molar-refractivity contribution in [1.82, 2.24) is 20.2 Å². The van der Waals surface area contributed by atoms with Crippen LogP contribution in [0.4, 0.5) is 32.8 Å². The van der Waals surface area contributed by atoms with E-state index in [1.54, 1.807) is 0 Å². The number of nitrogens with zero attached hydrogens (tertiary/aromatic N) is 5. The monoisotopic (exact) mass is 675 g/mol. The molecule has 0 spiro atoms. The normalized spacial score (nSPS) is 29.2. The number of hydrogen-bond donors (Lipinski definition) is 2. The molecule has 46 heavy (non-hydrogen) atoms. The van der Waals surface area contributed by atoms with E-state index in [0.29, 0.717) is 13.0 Å². The highest BCUT2D eigenvalue weighted by Gasteiger charge is 2.55. The first-order valence-corrected chi connectivity index (χ1v) is 16.2. The van der Waals surface area contributed by atoms with E-state index >= 15 is 13.2 Å². The lowest BCUT2D eigenvalue weighted by molar-refractivity contribution is 0.0435. The predicted octanol–water partition coefficient (Wildman–Crippen LogP) is 6.39. The van der Waals surface area contributed by atoms with Crippen molar-refractivity contribution < 1.29 is 26.7 Å². The van der Waals surface area contributed by atoms with Crippen molar-refractivity contribution in [1.29, 1.82) is 5.26 Å². The van der Waals surface area contributed by atoms with Crippen molar-refractivity contribution in [2.24, 2.45) is 0 Å². The van der Waals surface area contributed by atoms with Gasteiger partial charge in [0.15, 0.2) is 17.4 Å². The number of alkyl halides is 3. The largest absolute Gasteiger partial charge is 0.461 e. The Balaban J connectivity index is 1.30. The van der Waals surface area contributed by atoms with Crippen LogP contribution in [0.1, 0.15) is 37.7 Å². The third kappa shape index (κ3) is 4.50. The van der Waals surface area contributed by atoms with E-state index in [-0.39, 0.29) is 98.5 Å². The highest BCUT2D eigenvalue weighted by Crippen LogP contribution is 2.47. The third-order valence-electron chi connectivity index (χ3n) is 9.82. The van der Waals surface area contributed by atoms with Crippen molar-refractivity contribution in [3.63, 3.8) is 0 Å². The summed E-state index contributed by atoms with van der Waals surface area (Å²) in [5, 5.41) is 12.4. The zero-order chi connectivity index (χ0) is 32.2. The topological polar surface area (TPSA) is 103 Å². The number of aromatic nitrogens is 2. The second kappa shape index (κ2) is 10.2. The molecule has 0 radical (unpaired) electrons. The Kier molecular flexibility index (Phi) is 6.65. The minimum Gasteiger partial charge on any atom is -0.461 e. The van der Waals surface area contributed by atoms with Crippen LogP contribution in [0.3, 0.4) is 0 Å². The number of rotatable bonds is 5. The van der Waals surface area contributed by atoms with E-state index in [9.17, 15) is 14.0 Å². The van der Waals surface area contributed by atoms with E-state index < -0.39 is 34.9 Å². The first-order valence-electron chi connectivity index (χ1n) is 15.0. The number of piperazine rings is 1. The molecule has 2 unspecified atom stereocenters. The van der Waals surface area contributed by atoms with Crippen LogP contribution in [0.25, 0.3) is 32.1 Å². The summed E-state index contributed by atoms with van der Waals surface area (Å²) in [6.07, 6.45) is 0.742. The predicted molar refractivity (Wildman–Crippen MR) is 165 cm³/mol. The van der Waals surface area contributed by atoms with Crippen molar-refractivity contribution in [2.75, 3.05) is 43.4 Å². The maximum Gasteiger partial charge on any atom is 0.319 e. The minimum absolute atomic E-state index is 0.0154. The van der Waals surface area contributed by atoms with Crippen LogP contribution in [0, 0.1) is 23.0 Å². The van der Waals surface area contributed by atoms with Gasteiger partial charge in [0.1, 0.15) is 41.0 Å². The number of anilines is 2. The number of hydrogen-bond acceptors (Lipinski definition) is 9. The number of nitriles is 1. The van der Waals surface area contributed by atoms with Crippen LogP contribution in [0.2, 0.25) is 5.02 Å². The first kappa shape index (κ1) is 29.9. The summed E-state index contributed by atoms with van der Waals surface area (Å²) in [6.45, 7) is 0.521. The number of nitrogens with two attached hydrogens (primary N) is 1. The fraction of sp³-hybridized carbons (Fsp3) is 0.452. The van der Waals surface area contributed by atoms with E-state index in [0.717, 1.165) is 30.4 Å². The van der Waals surface area contributed by atoms with Gasteiger partial charge in [-0.25, -0.2) is 27.3 Å². The van der Waals surface area contributed by atoms with Gasteiger partial charge in [-0.2, -0.15) is 15.2 Å². The SMILES string of the molecule is N#Cc1c(N)sc2c(F)ccc(-c3c(Cl)cc4c(N5CC6(F)CCC(F)(C5)N6)nc(OC[C@@]56CCCN5C[C@H](F)C6)nc4c3F)c12.